The predicted octanol–water partition coefficient (Wildman–Crippen LogP) is 3.11. The van der Waals surface area contributed by atoms with Gasteiger partial charge >= 0.3 is 0 Å². The van der Waals surface area contributed by atoms with E-state index in [1.165, 1.54) is 24.8 Å². The van der Waals surface area contributed by atoms with Crippen LogP contribution in [0.1, 0.15) is 43.4 Å². The molecule has 0 saturated carbocycles. The van der Waals surface area contributed by atoms with Gasteiger partial charge in [-0.1, -0.05) is 36.2 Å². The molecule has 0 bridgehead atoms. The van der Waals surface area contributed by atoms with Crippen LogP contribution in [-0.4, -0.2) is 23.8 Å². The highest BCUT2D eigenvalue weighted by molar-refractivity contribution is 5.82. The van der Waals surface area contributed by atoms with Crippen molar-refractivity contribution in [3.63, 3.8) is 0 Å². The van der Waals surface area contributed by atoms with Gasteiger partial charge in [-0.15, -0.1) is 0 Å². The Hall–Kier alpha value is -1.15. The molecule has 0 N–H and O–H groups in total. The number of carbonyl (C=O) groups is 1. The third-order valence-electron chi connectivity index (χ3n) is 3.53. The largest absolute Gasteiger partial charge is 0.298 e. The molecule has 2 heteroatoms. The minimum Gasteiger partial charge on any atom is -0.298 e. The minimum atomic E-state index is -0.0316. The smallest absolute Gasteiger partial charge is 0.151 e. The standard InChI is InChI=1S/C15H21NO/c1-12-6-8-14(9-7-12)15(13(2)17)16-10-4-3-5-11-16/h6-9,15H,3-5,10-11H2,1-2H3/t15-/m0/s1. The Morgan fingerprint density at radius 3 is 2.24 bits per heavy atom. The van der Waals surface area contributed by atoms with Gasteiger partial charge in [0, 0.05) is 0 Å². The van der Waals surface area contributed by atoms with Crippen molar-refractivity contribution in [3.05, 3.63) is 35.4 Å². The third kappa shape index (κ3) is 2.95. The molecule has 0 aliphatic carbocycles. The van der Waals surface area contributed by atoms with Gasteiger partial charge in [0.25, 0.3) is 0 Å². The van der Waals surface area contributed by atoms with Crippen molar-refractivity contribution in [1.82, 2.24) is 4.90 Å². The molecule has 2 nitrogen and oxygen atoms in total. The summed E-state index contributed by atoms with van der Waals surface area (Å²) in [7, 11) is 0. The second-order valence-corrected chi connectivity index (χ2v) is 5.02. The molecule has 2 rings (SSSR count). The van der Waals surface area contributed by atoms with Gasteiger partial charge in [-0.05, 0) is 45.3 Å². The van der Waals surface area contributed by atoms with Crippen LogP contribution in [-0.2, 0) is 4.79 Å². The Labute approximate surface area is 104 Å². The highest BCUT2D eigenvalue weighted by atomic mass is 16.1. The summed E-state index contributed by atoms with van der Waals surface area (Å²) in [5, 5.41) is 0. The second kappa shape index (κ2) is 5.46. The number of piperidine rings is 1. The van der Waals surface area contributed by atoms with Crippen LogP contribution in [0.15, 0.2) is 24.3 Å². The molecule has 0 amide bonds. The Morgan fingerprint density at radius 2 is 1.71 bits per heavy atom. The van der Waals surface area contributed by atoms with Gasteiger partial charge in [0.2, 0.25) is 0 Å². The lowest BCUT2D eigenvalue weighted by Gasteiger charge is -2.33. The van der Waals surface area contributed by atoms with Crippen molar-refractivity contribution in [3.8, 4) is 0 Å². The maximum atomic E-state index is 11.9. The van der Waals surface area contributed by atoms with Gasteiger partial charge in [-0.2, -0.15) is 0 Å². The fourth-order valence-electron chi connectivity index (χ4n) is 2.63. The number of Topliss-reactive ketones (excluding diaryl/α,β-unsaturated/α-hetero) is 1. The van der Waals surface area contributed by atoms with E-state index < -0.39 is 0 Å². The van der Waals surface area contributed by atoms with E-state index in [1.807, 2.05) is 0 Å². The first-order valence-electron chi connectivity index (χ1n) is 6.49. The average Bonchev–Trinajstić information content (AvgIpc) is 2.33. The molecule has 17 heavy (non-hydrogen) atoms. The van der Waals surface area contributed by atoms with Gasteiger partial charge in [-0.25, -0.2) is 0 Å². The zero-order valence-corrected chi connectivity index (χ0v) is 10.8. The molecule has 0 spiro atoms. The zero-order valence-electron chi connectivity index (χ0n) is 10.8. The maximum absolute atomic E-state index is 11.9. The SMILES string of the molecule is CC(=O)[C@@H](c1ccc(C)cc1)N1CCCCC1. The normalized spacial score (nSPS) is 18.9. The van der Waals surface area contributed by atoms with Gasteiger partial charge < -0.3 is 0 Å². The van der Waals surface area contributed by atoms with Crippen LogP contribution in [0.3, 0.4) is 0 Å². The fraction of sp³-hybridized carbons (Fsp3) is 0.533. The summed E-state index contributed by atoms with van der Waals surface area (Å²) < 4.78 is 0. The summed E-state index contributed by atoms with van der Waals surface area (Å²) >= 11 is 0. The molecule has 1 aromatic rings. The number of ketones is 1. The van der Waals surface area contributed by atoms with Crippen LogP contribution >= 0.6 is 0 Å². The molecule has 0 unspecified atom stereocenters. The zero-order chi connectivity index (χ0) is 12.3. The van der Waals surface area contributed by atoms with Gasteiger partial charge in [0.1, 0.15) is 0 Å². The lowest BCUT2D eigenvalue weighted by molar-refractivity contribution is -0.122. The topological polar surface area (TPSA) is 20.3 Å². The Bertz CT molecular complexity index is 376. The van der Waals surface area contributed by atoms with Crippen LogP contribution in [0.25, 0.3) is 0 Å². The highest BCUT2D eigenvalue weighted by Gasteiger charge is 2.25. The molecule has 1 saturated heterocycles. The Balaban J connectivity index is 2.21. The Kier molecular flexibility index (Phi) is 3.95. The first-order valence-corrected chi connectivity index (χ1v) is 6.49. The quantitative estimate of drug-likeness (QED) is 0.796. The average molecular weight is 231 g/mol. The number of hydrogen-bond donors (Lipinski definition) is 0. The van der Waals surface area contributed by atoms with E-state index in [1.54, 1.807) is 6.92 Å². The first-order chi connectivity index (χ1) is 8.18. The van der Waals surface area contributed by atoms with Gasteiger partial charge in [-0.3, -0.25) is 9.69 Å². The van der Waals surface area contributed by atoms with E-state index in [0.717, 1.165) is 18.7 Å². The molecular weight excluding hydrogens is 210 g/mol. The van der Waals surface area contributed by atoms with Crippen LogP contribution in [0.5, 0.6) is 0 Å². The number of likely N-dealkylation sites (tertiary alicyclic amines) is 1. The summed E-state index contributed by atoms with van der Waals surface area (Å²) in [4.78, 5) is 14.2. The lowest BCUT2D eigenvalue weighted by atomic mass is 9.98. The van der Waals surface area contributed by atoms with Crippen LogP contribution in [0, 0.1) is 6.92 Å². The predicted molar refractivity (Wildman–Crippen MR) is 70.0 cm³/mol. The van der Waals surface area contributed by atoms with E-state index in [2.05, 4.69) is 36.1 Å². The van der Waals surface area contributed by atoms with E-state index in [9.17, 15) is 4.79 Å². The monoisotopic (exact) mass is 231 g/mol. The van der Waals surface area contributed by atoms with Crippen molar-refractivity contribution >= 4 is 5.78 Å². The third-order valence-corrected chi connectivity index (χ3v) is 3.53. The molecule has 1 aliphatic heterocycles. The summed E-state index contributed by atoms with van der Waals surface area (Å²) in [5.41, 5.74) is 2.39. The second-order valence-electron chi connectivity index (χ2n) is 5.02. The summed E-state index contributed by atoms with van der Waals surface area (Å²) in [6, 6.07) is 8.34. The van der Waals surface area contributed by atoms with Crippen LogP contribution < -0.4 is 0 Å². The van der Waals surface area contributed by atoms with Crippen LogP contribution in [0.4, 0.5) is 0 Å². The molecule has 1 fully saturated rings. The van der Waals surface area contributed by atoms with E-state index in [4.69, 9.17) is 0 Å². The Morgan fingerprint density at radius 1 is 1.12 bits per heavy atom. The molecular formula is C15H21NO. The van der Waals surface area contributed by atoms with E-state index in [0.29, 0.717) is 0 Å². The molecule has 1 aromatic carbocycles. The number of hydrogen-bond acceptors (Lipinski definition) is 2. The minimum absolute atomic E-state index is 0.0316. The fourth-order valence-corrected chi connectivity index (χ4v) is 2.63. The van der Waals surface area contributed by atoms with Gasteiger partial charge in [0.05, 0.1) is 6.04 Å². The lowest BCUT2D eigenvalue weighted by Crippen LogP contribution is -2.37. The number of rotatable bonds is 3. The van der Waals surface area contributed by atoms with Crippen molar-refractivity contribution < 1.29 is 4.79 Å². The van der Waals surface area contributed by atoms with Crippen molar-refractivity contribution in [2.45, 2.75) is 39.2 Å². The van der Waals surface area contributed by atoms with Crippen molar-refractivity contribution in [2.75, 3.05) is 13.1 Å². The first kappa shape index (κ1) is 12.3. The van der Waals surface area contributed by atoms with Crippen molar-refractivity contribution in [2.24, 2.45) is 0 Å². The van der Waals surface area contributed by atoms with Gasteiger partial charge in [0.15, 0.2) is 5.78 Å². The number of nitrogens with zero attached hydrogens (tertiary/aromatic N) is 1. The molecule has 1 aliphatic rings. The highest BCUT2D eigenvalue weighted by Crippen LogP contribution is 2.25. The molecule has 1 heterocycles. The summed E-state index contributed by atoms with van der Waals surface area (Å²) in [6.45, 7) is 5.89. The van der Waals surface area contributed by atoms with E-state index >= 15 is 0 Å². The van der Waals surface area contributed by atoms with Crippen molar-refractivity contribution in [1.29, 1.82) is 0 Å². The summed E-state index contributed by atoms with van der Waals surface area (Å²) in [6.07, 6.45) is 3.74. The molecule has 0 aromatic heterocycles. The van der Waals surface area contributed by atoms with Crippen LogP contribution in [0.2, 0.25) is 0 Å². The molecule has 0 radical (unpaired) electrons. The number of benzene rings is 1. The number of aryl methyl sites for hydroxylation is 1. The maximum Gasteiger partial charge on any atom is 0.151 e. The van der Waals surface area contributed by atoms with E-state index in [-0.39, 0.29) is 11.8 Å². The molecule has 92 valence electrons. The molecule has 1 atom stereocenters. The number of carbonyl (C=O) groups excluding carboxylic acids is 1. The summed E-state index contributed by atoms with van der Waals surface area (Å²) in [5.74, 6) is 0.260.